The van der Waals surface area contributed by atoms with E-state index >= 15 is 0 Å². The number of piperazine rings is 1. The van der Waals surface area contributed by atoms with Crippen LogP contribution in [0.15, 0.2) is 28.3 Å². The van der Waals surface area contributed by atoms with E-state index in [1.165, 1.54) is 16.1 Å². The predicted molar refractivity (Wildman–Crippen MR) is 124 cm³/mol. The Morgan fingerprint density at radius 1 is 1.09 bits per heavy atom. The standard InChI is InChI=1S/C22H31N5O3S2/c1-15(2)21-23-24-22(27(21)18-6-7-18)31-14-20(28)25-9-11-26(12-10-25)32(29,30)19-8-5-16(3)17(4)13-19/h5,8,13,15,18H,6-7,9-12,14H2,1-4H3. The molecule has 0 radical (unpaired) electrons. The maximum atomic E-state index is 13.0. The molecule has 1 saturated heterocycles. The van der Waals surface area contributed by atoms with Gasteiger partial charge < -0.3 is 9.47 Å². The molecule has 0 N–H and O–H groups in total. The lowest BCUT2D eigenvalue weighted by molar-refractivity contribution is -0.129. The number of carbonyl (C=O) groups excluding carboxylic acids is 1. The normalized spacial score (nSPS) is 17.8. The molecule has 174 valence electrons. The molecule has 0 atom stereocenters. The zero-order valence-electron chi connectivity index (χ0n) is 19.1. The predicted octanol–water partition coefficient (Wildman–Crippen LogP) is 2.98. The summed E-state index contributed by atoms with van der Waals surface area (Å²) in [4.78, 5) is 14.9. The SMILES string of the molecule is Cc1ccc(S(=O)(=O)N2CCN(C(=O)CSc3nnc(C(C)C)n3C3CC3)CC2)cc1C. The van der Waals surface area contributed by atoms with Crippen molar-refractivity contribution in [2.24, 2.45) is 0 Å². The van der Waals surface area contributed by atoms with Crippen LogP contribution >= 0.6 is 11.8 Å². The zero-order chi connectivity index (χ0) is 23.0. The number of aryl methyl sites for hydroxylation is 2. The highest BCUT2D eigenvalue weighted by atomic mass is 32.2. The summed E-state index contributed by atoms with van der Waals surface area (Å²) in [7, 11) is -3.55. The number of rotatable bonds is 7. The second-order valence-corrected chi connectivity index (χ2v) is 11.8. The Labute approximate surface area is 194 Å². The van der Waals surface area contributed by atoms with Gasteiger partial charge in [-0.3, -0.25) is 4.79 Å². The van der Waals surface area contributed by atoms with E-state index in [-0.39, 0.29) is 11.7 Å². The molecule has 2 fully saturated rings. The summed E-state index contributed by atoms with van der Waals surface area (Å²) in [5.41, 5.74) is 2.02. The molecule has 2 aliphatic rings. The summed E-state index contributed by atoms with van der Waals surface area (Å²) in [6.07, 6.45) is 2.27. The van der Waals surface area contributed by atoms with Crippen LogP contribution in [0, 0.1) is 13.8 Å². The lowest BCUT2D eigenvalue weighted by Crippen LogP contribution is -2.51. The Bertz CT molecular complexity index is 1100. The van der Waals surface area contributed by atoms with Gasteiger partial charge in [-0.05, 0) is 49.9 Å². The number of benzene rings is 1. The number of sulfonamides is 1. The van der Waals surface area contributed by atoms with E-state index in [4.69, 9.17) is 0 Å². The number of hydrogen-bond acceptors (Lipinski definition) is 6. The summed E-state index contributed by atoms with van der Waals surface area (Å²) in [6.45, 7) is 9.50. The smallest absolute Gasteiger partial charge is 0.243 e. The van der Waals surface area contributed by atoms with Crippen molar-refractivity contribution < 1.29 is 13.2 Å². The molecule has 1 amide bonds. The van der Waals surface area contributed by atoms with Crippen LogP contribution in [0.5, 0.6) is 0 Å². The van der Waals surface area contributed by atoms with Crippen molar-refractivity contribution >= 4 is 27.7 Å². The minimum atomic E-state index is -3.55. The van der Waals surface area contributed by atoms with Crippen LogP contribution in [0.1, 0.15) is 55.6 Å². The number of hydrogen-bond donors (Lipinski definition) is 0. The fraction of sp³-hybridized carbons (Fsp3) is 0.591. The van der Waals surface area contributed by atoms with Gasteiger partial charge in [-0.1, -0.05) is 31.7 Å². The van der Waals surface area contributed by atoms with E-state index in [9.17, 15) is 13.2 Å². The molecule has 8 nitrogen and oxygen atoms in total. The highest BCUT2D eigenvalue weighted by Gasteiger charge is 2.32. The van der Waals surface area contributed by atoms with Crippen LogP contribution in [0.4, 0.5) is 0 Å². The van der Waals surface area contributed by atoms with Crippen molar-refractivity contribution in [3.05, 3.63) is 35.2 Å². The first-order valence-electron chi connectivity index (χ1n) is 11.1. The van der Waals surface area contributed by atoms with Gasteiger partial charge in [0.25, 0.3) is 0 Å². The molecule has 0 bridgehead atoms. The third-order valence-corrected chi connectivity index (χ3v) is 8.97. The maximum absolute atomic E-state index is 13.0. The van der Waals surface area contributed by atoms with Crippen molar-refractivity contribution in [3.63, 3.8) is 0 Å². The number of carbonyl (C=O) groups is 1. The zero-order valence-corrected chi connectivity index (χ0v) is 20.7. The van der Waals surface area contributed by atoms with E-state index in [2.05, 4.69) is 28.6 Å². The number of amides is 1. The number of thioether (sulfide) groups is 1. The van der Waals surface area contributed by atoms with Gasteiger partial charge in [0, 0.05) is 38.1 Å². The van der Waals surface area contributed by atoms with Gasteiger partial charge in [-0.2, -0.15) is 4.31 Å². The lowest BCUT2D eigenvalue weighted by atomic mass is 10.1. The molecule has 0 unspecified atom stereocenters. The third kappa shape index (κ3) is 4.72. The van der Waals surface area contributed by atoms with Crippen molar-refractivity contribution in [3.8, 4) is 0 Å². The Kier molecular flexibility index (Phi) is 6.65. The van der Waals surface area contributed by atoms with Crippen LogP contribution in [0.2, 0.25) is 0 Å². The topological polar surface area (TPSA) is 88.4 Å². The average Bonchev–Trinajstić information content (AvgIpc) is 3.52. The molecule has 4 rings (SSSR count). The van der Waals surface area contributed by atoms with Crippen molar-refractivity contribution in [1.29, 1.82) is 0 Å². The highest BCUT2D eigenvalue weighted by Crippen LogP contribution is 2.40. The van der Waals surface area contributed by atoms with E-state index in [1.54, 1.807) is 17.0 Å². The van der Waals surface area contributed by atoms with Gasteiger partial charge in [0.1, 0.15) is 5.82 Å². The Morgan fingerprint density at radius 2 is 1.78 bits per heavy atom. The first-order valence-corrected chi connectivity index (χ1v) is 13.5. The van der Waals surface area contributed by atoms with E-state index in [0.717, 1.165) is 34.9 Å². The third-order valence-electron chi connectivity index (χ3n) is 6.15. The van der Waals surface area contributed by atoms with Crippen LogP contribution in [-0.4, -0.2) is 70.2 Å². The van der Waals surface area contributed by atoms with Crippen LogP contribution in [0.3, 0.4) is 0 Å². The van der Waals surface area contributed by atoms with Gasteiger partial charge >= 0.3 is 0 Å². The minimum Gasteiger partial charge on any atom is -0.339 e. The van der Waals surface area contributed by atoms with Gasteiger partial charge in [0.2, 0.25) is 15.9 Å². The first-order chi connectivity index (χ1) is 15.2. The quantitative estimate of drug-likeness (QED) is 0.570. The molecular weight excluding hydrogens is 446 g/mol. The molecule has 10 heteroatoms. The van der Waals surface area contributed by atoms with Crippen molar-refractivity contribution in [2.45, 2.75) is 62.5 Å². The van der Waals surface area contributed by atoms with Crippen molar-refractivity contribution in [2.75, 3.05) is 31.9 Å². The molecule has 2 heterocycles. The summed E-state index contributed by atoms with van der Waals surface area (Å²) in [5, 5.41) is 9.47. The molecule has 0 spiro atoms. The van der Waals surface area contributed by atoms with Crippen LogP contribution in [0.25, 0.3) is 0 Å². The molecule has 2 aromatic rings. The summed E-state index contributed by atoms with van der Waals surface area (Å²) in [6, 6.07) is 5.68. The minimum absolute atomic E-state index is 0.00896. The Hall–Kier alpha value is -1.91. The van der Waals surface area contributed by atoms with Gasteiger partial charge in [0.05, 0.1) is 10.6 Å². The highest BCUT2D eigenvalue weighted by molar-refractivity contribution is 7.99. The van der Waals surface area contributed by atoms with Crippen LogP contribution < -0.4 is 0 Å². The molecule has 1 saturated carbocycles. The Morgan fingerprint density at radius 3 is 2.38 bits per heavy atom. The van der Waals surface area contributed by atoms with E-state index < -0.39 is 10.0 Å². The summed E-state index contributed by atoms with van der Waals surface area (Å²) >= 11 is 1.43. The van der Waals surface area contributed by atoms with Gasteiger partial charge in [-0.15, -0.1) is 10.2 Å². The summed E-state index contributed by atoms with van der Waals surface area (Å²) in [5.74, 6) is 1.56. The maximum Gasteiger partial charge on any atom is 0.243 e. The largest absolute Gasteiger partial charge is 0.339 e. The van der Waals surface area contributed by atoms with Crippen LogP contribution in [-0.2, 0) is 14.8 Å². The lowest BCUT2D eigenvalue weighted by Gasteiger charge is -2.34. The monoisotopic (exact) mass is 477 g/mol. The number of nitrogens with zero attached hydrogens (tertiary/aromatic N) is 5. The molecule has 32 heavy (non-hydrogen) atoms. The second kappa shape index (κ2) is 9.15. The number of aromatic nitrogens is 3. The second-order valence-electron chi connectivity index (χ2n) is 8.92. The summed E-state index contributed by atoms with van der Waals surface area (Å²) < 4.78 is 29.7. The fourth-order valence-electron chi connectivity index (χ4n) is 3.88. The first kappa shape index (κ1) is 23.3. The Balaban J connectivity index is 1.35. The van der Waals surface area contributed by atoms with E-state index in [1.807, 2.05) is 19.9 Å². The average molecular weight is 478 g/mol. The van der Waals surface area contributed by atoms with E-state index in [0.29, 0.717) is 43.0 Å². The molecule has 1 aliphatic carbocycles. The van der Waals surface area contributed by atoms with Gasteiger partial charge in [0.15, 0.2) is 5.16 Å². The van der Waals surface area contributed by atoms with Crippen molar-refractivity contribution in [1.82, 2.24) is 24.0 Å². The van der Waals surface area contributed by atoms with Gasteiger partial charge in [-0.25, -0.2) is 8.42 Å². The molecule has 1 aromatic heterocycles. The molecule has 1 aromatic carbocycles. The molecule has 1 aliphatic heterocycles. The molecular formula is C22H31N5O3S2. The fourth-order valence-corrected chi connectivity index (χ4v) is 6.30.